The van der Waals surface area contributed by atoms with E-state index in [9.17, 15) is 9.90 Å². The average Bonchev–Trinajstić information content (AvgIpc) is 3.58. The fraction of sp³-hybridized carbons (Fsp3) is 0.481. The van der Waals surface area contributed by atoms with E-state index in [-0.39, 0.29) is 24.8 Å². The number of hydrogen-bond donors (Lipinski definition) is 2. The molecular weight excluding hydrogens is 488 g/mol. The number of anilines is 1. The van der Waals surface area contributed by atoms with Crippen LogP contribution in [0.25, 0.3) is 28.1 Å². The number of alkyl carbamates (subject to hydrolysis) is 1. The number of ether oxygens (including phenoxy) is 2. The second kappa shape index (κ2) is 9.46. The minimum absolute atomic E-state index is 0.0155. The average molecular weight is 521 g/mol. The highest BCUT2D eigenvalue weighted by Gasteiger charge is 2.34. The molecule has 11 nitrogen and oxygen atoms in total. The molecule has 0 radical (unpaired) electrons. The van der Waals surface area contributed by atoms with Gasteiger partial charge in [0.05, 0.1) is 24.2 Å². The van der Waals surface area contributed by atoms with E-state index in [1.165, 1.54) is 0 Å². The van der Waals surface area contributed by atoms with Gasteiger partial charge in [-0.2, -0.15) is 0 Å². The quantitative estimate of drug-likeness (QED) is 0.389. The molecule has 4 aromatic rings. The summed E-state index contributed by atoms with van der Waals surface area (Å²) in [7, 11) is 0. The molecule has 1 atom stereocenters. The van der Waals surface area contributed by atoms with Gasteiger partial charge in [-0.05, 0) is 51.8 Å². The van der Waals surface area contributed by atoms with Crippen LogP contribution in [0.5, 0.6) is 5.88 Å². The van der Waals surface area contributed by atoms with Crippen molar-refractivity contribution in [3.8, 4) is 17.3 Å². The molecule has 4 aromatic heterocycles. The van der Waals surface area contributed by atoms with Gasteiger partial charge >= 0.3 is 6.09 Å². The van der Waals surface area contributed by atoms with Gasteiger partial charge < -0.3 is 29.2 Å². The predicted molar refractivity (Wildman–Crippen MR) is 140 cm³/mol. The summed E-state index contributed by atoms with van der Waals surface area (Å²) in [6, 6.07) is 7.53. The van der Waals surface area contributed by atoms with E-state index in [0.29, 0.717) is 41.4 Å². The molecule has 2 fully saturated rings. The number of nitrogens with one attached hydrogen (secondary N) is 1. The maximum absolute atomic E-state index is 12.0. The lowest BCUT2D eigenvalue weighted by Gasteiger charge is -2.35. The number of imidazole rings is 1. The number of nitrogens with zero attached hydrogens (tertiary/aromatic N) is 5. The normalized spacial score (nSPS) is 21.6. The van der Waals surface area contributed by atoms with E-state index in [0.717, 1.165) is 30.6 Å². The van der Waals surface area contributed by atoms with Crippen LogP contribution in [0.3, 0.4) is 0 Å². The number of carbonyl (C=O) groups excluding carboxylic acids is 1. The van der Waals surface area contributed by atoms with Gasteiger partial charge in [-0.1, -0.05) is 0 Å². The lowest BCUT2D eigenvalue weighted by molar-refractivity contribution is 0.0352. The van der Waals surface area contributed by atoms with E-state index in [1.807, 2.05) is 39.0 Å². The van der Waals surface area contributed by atoms with Gasteiger partial charge in [-0.15, -0.1) is 5.10 Å². The van der Waals surface area contributed by atoms with Crippen LogP contribution in [0, 0.1) is 0 Å². The molecule has 6 rings (SSSR count). The molecule has 0 unspecified atom stereocenters. The number of pyridine rings is 1. The Morgan fingerprint density at radius 1 is 1.24 bits per heavy atom. The fourth-order valence-electron chi connectivity index (χ4n) is 5.12. The Labute approximate surface area is 219 Å². The third kappa shape index (κ3) is 4.73. The van der Waals surface area contributed by atoms with Gasteiger partial charge in [-0.3, -0.25) is 0 Å². The first-order chi connectivity index (χ1) is 18.3. The Bertz CT molecular complexity index is 1470. The van der Waals surface area contributed by atoms with Crippen molar-refractivity contribution in [3.63, 3.8) is 0 Å². The summed E-state index contributed by atoms with van der Waals surface area (Å²) >= 11 is 0. The van der Waals surface area contributed by atoms with E-state index in [1.54, 1.807) is 23.0 Å². The molecule has 2 N–H and O–H groups in total. The largest absolute Gasteiger partial charge is 0.473 e. The third-order valence-electron chi connectivity index (χ3n) is 6.98. The highest BCUT2D eigenvalue weighted by molar-refractivity contribution is 5.92. The van der Waals surface area contributed by atoms with Crippen molar-refractivity contribution < 1.29 is 23.8 Å². The number of aromatic nitrogens is 4. The number of amides is 1. The first-order valence-electron chi connectivity index (χ1n) is 13.0. The van der Waals surface area contributed by atoms with Crippen LogP contribution in [0.4, 0.5) is 10.6 Å². The summed E-state index contributed by atoms with van der Waals surface area (Å²) in [6.07, 6.45) is 6.33. The van der Waals surface area contributed by atoms with Gasteiger partial charge in [0.25, 0.3) is 0 Å². The third-order valence-corrected chi connectivity index (χ3v) is 6.98. The van der Waals surface area contributed by atoms with Gasteiger partial charge in [0, 0.05) is 37.7 Å². The lowest BCUT2D eigenvalue weighted by atomic mass is 9.89. The van der Waals surface area contributed by atoms with Crippen LogP contribution in [0.1, 0.15) is 46.5 Å². The zero-order chi connectivity index (χ0) is 26.4. The highest BCUT2D eigenvalue weighted by atomic mass is 16.6. The Balaban J connectivity index is 1.19. The molecule has 1 aliphatic heterocycles. The molecule has 1 aliphatic carbocycles. The molecule has 1 amide bonds. The maximum atomic E-state index is 12.0. The number of carbonyl (C=O) groups is 1. The van der Waals surface area contributed by atoms with Crippen molar-refractivity contribution in [1.29, 1.82) is 0 Å². The van der Waals surface area contributed by atoms with Crippen LogP contribution in [0.2, 0.25) is 0 Å². The Kier molecular flexibility index (Phi) is 6.10. The van der Waals surface area contributed by atoms with Gasteiger partial charge in [0.1, 0.15) is 28.8 Å². The zero-order valence-corrected chi connectivity index (χ0v) is 21.8. The molecule has 0 bridgehead atoms. The minimum atomic E-state index is -0.528. The van der Waals surface area contributed by atoms with Crippen LogP contribution < -0.4 is 15.0 Å². The van der Waals surface area contributed by atoms with E-state index in [2.05, 4.69) is 25.3 Å². The Morgan fingerprint density at radius 3 is 2.87 bits per heavy atom. The summed E-state index contributed by atoms with van der Waals surface area (Å²) in [5.74, 6) is 1.91. The van der Waals surface area contributed by atoms with E-state index < -0.39 is 11.7 Å². The smallest absolute Gasteiger partial charge is 0.407 e. The van der Waals surface area contributed by atoms with E-state index in [4.69, 9.17) is 13.9 Å². The topological polar surface area (TPSA) is 127 Å². The van der Waals surface area contributed by atoms with Crippen molar-refractivity contribution in [2.24, 2.45) is 0 Å². The SMILES string of the molecule is CC(C)(C)OC(=O)NC1CC(Oc2ccc3ncc(-c4cc5c(N6CCC[C@@H]6CO)nccc5o4)n3n2)C1. The molecule has 5 heterocycles. The number of rotatable bonds is 6. The van der Waals surface area contributed by atoms with Crippen LogP contribution >= 0.6 is 0 Å². The molecule has 0 spiro atoms. The van der Waals surface area contributed by atoms with Gasteiger partial charge in [-0.25, -0.2) is 19.3 Å². The Hall–Kier alpha value is -3.86. The standard InChI is InChI=1S/C27H32N6O5/c1-27(2,3)38-26(35)30-16-11-18(12-16)36-24-7-6-23-29-14-20(33(23)31-24)22-13-19-21(37-22)8-9-28-25(19)32-10-4-5-17(32)15-34/h6-9,13-14,16-18,34H,4-5,10-12,15H2,1-3H3,(H,30,35)/t16?,17-,18?/m1/s1. The predicted octanol–water partition coefficient (Wildman–Crippen LogP) is 3.93. The maximum Gasteiger partial charge on any atom is 0.407 e. The summed E-state index contributed by atoms with van der Waals surface area (Å²) < 4.78 is 19.3. The van der Waals surface area contributed by atoms with Crippen LogP contribution in [-0.2, 0) is 4.74 Å². The molecular formula is C27H32N6O5. The Morgan fingerprint density at radius 2 is 2.08 bits per heavy atom. The first-order valence-corrected chi connectivity index (χ1v) is 13.0. The second-order valence-electron chi connectivity index (χ2n) is 11.0. The highest BCUT2D eigenvalue weighted by Crippen LogP contribution is 2.35. The van der Waals surface area contributed by atoms with Gasteiger partial charge in [0.2, 0.25) is 5.88 Å². The van der Waals surface area contributed by atoms with Crippen LogP contribution in [0.15, 0.2) is 41.1 Å². The number of aliphatic hydroxyl groups is 1. The zero-order valence-electron chi connectivity index (χ0n) is 21.8. The monoisotopic (exact) mass is 520 g/mol. The molecule has 0 aromatic carbocycles. The fourth-order valence-corrected chi connectivity index (χ4v) is 5.12. The molecule has 38 heavy (non-hydrogen) atoms. The minimum Gasteiger partial charge on any atom is -0.473 e. The van der Waals surface area contributed by atoms with Crippen molar-refractivity contribution in [2.75, 3.05) is 18.1 Å². The lowest BCUT2D eigenvalue weighted by Crippen LogP contribution is -2.50. The number of furan rings is 1. The second-order valence-corrected chi connectivity index (χ2v) is 11.0. The van der Waals surface area contributed by atoms with Crippen molar-refractivity contribution >= 4 is 28.5 Å². The van der Waals surface area contributed by atoms with Crippen molar-refractivity contribution in [1.82, 2.24) is 24.9 Å². The first kappa shape index (κ1) is 24.5. The number of fused-ring (bicyclic) bond motifs is 2. The molecule has 200 valence electrons. The molecule has 1 saturated heterocycles. The van der Waals surface area contributed by atoms with Crippen molar-refractivity contribution in [2.45, 2.75) is 70.2 Å². The summed E-state index contributed by atoms with van der Waals surface area (Å²) in [4.78, 5) is 23.2. The van der Waals surface area contributed by atoms with Crippen molar-refractivity contribution in [3.05, 3.63) is 36.7 Å². The summed E-state index contributed by atoms with van der Waals surface area (Å²) in [5, 5.41) is 18.2. The van der Waals surface area contributed by atoms with Gasteiger partial charge in [0.15, 0.2) is 11.4 Å². The van der Waals surface area contributed by atoms with E-state index >= 15 is 0 Å². The van der Waals surface area contributed by atoms with Crippen LogP contribution in [-0.4, -0.2) is 67.7 Å². The molecule has 2 aliphatic rings. The molecule has 1 saturated carbocycles. The summed E-state index contributed by atoms with van der Waals surface area (Å²) in [5.41, 5.74) is 1.56. The summed E-state index contributed by atoms with van der Waals surface area (Å²) in [6.45, 7) is 6.47. The number of hydrogen-bond acceptors (Lipinski definition) is 9. The molecule has 11 heteroatoms. The number of aliphatic hydroxyl groups excluding tert-OH is 1.